The van der Waals surface area contributed by atoms with E-state index in [9.17, 15) is 9.90 Å². The second-order valence-corrected chi connectivity index (χ2v) is 10.2. The zero-order valence-corrected chi connectivity index (χ0v) is 23.8. The highest BCUT2D eigenvalue weighted by atomic mass is 35.5. The number of likely N-dealkylation sites (N-methyl/N-ethyl adjacent to an activating group) is 1. The number of nitrogens with one attached hydrogen (secondary N) is 3. The first kappa shape index (κ1) is 29.8. The number of pyridine rings is 1. The van der Waals surface area contributed by atoms with Crippen LogP contribution in [0.25, 0.3) is 16.7 Å². The average Bonchev–Trinajstić information content (AvgIpc) is 3.15. The van der Waals surface area contributed by atoms with Crippen molar-refractivity contribution in [3.63, 3.8) is 0 Å². The number of nitrogens with zero attached hydrogens (tertiary/aromatic N) is 3. The summed E-state index contributed by atoms with van der Waals surface area (Å²) >= 11 is 6.33. The Morgan fingerprint density at radius 3 is 2.67 bits per heavy atom. The van der Waals surface area contributed by atoms with Gasteiger partial charge in [0.1, 0.15) is 5.57 Å². The normalized spacial score (nSPS) is 12.8. The SMILES string of the molecule is CCNC(C)(C)C(=N)c1ccc(Cl)c(NOC(=O)/C(=C/N)c2cc(-c3c(C)nn(C[C@H](C)O)c3C)ccn2)c1. The molecule has 2 heterocycles. The Bertz CT molecular complexity index is 1400. The van der Waals surface area contributed by atoms with Crippen LogP contribution in [0.1, 0.15) is 50.3 Å². The van der Waals surface area contributed by atoms with Crippen LogP contribution in [0.2, 0.25) is 5.02 Å². The van der Waals surface area contributed by atoms with Crippen molar-refractivity contribution in [2.45, 2.75) is 59.7 Å². The van der Waals surface area contributed by atoms with Gasteiger partial charge in [-0.05, 0) is 76.6 Å². The van der Waals surface area contributed by atoms with Crippen LogP contribution in [-0.4, -0.2) is 49.7 Å². The van der Waals surface area contributed by atoms with Crippen LogP contribution in [0.3, 0.4) is 0 Å². The van der Waals surface area contributed by atoms with Crippen LogP contribution in [0.15, 0.2) is 42.7 Å². The Labute approximate surface area is 233 Å². The summed E-state index contributed by atoms with van der Waals surface area (Å²) in [5.41, 5.74) is 12.9. The first-order valence-electron chi connectivity index (χ1n) is 12.6. The first-order chi connectivity index (χ1) is 18.4. The molecule has 1 atom stereocenters. The molecule has 0 aliphatic carbocycles. The zero-order chi connectivity index (χ0) is 28.9. The van der Waals surface area contributed by atoms with E-state index >= 15 is 0 Å². The van der Waals surface area contributed by atoms with Gasteiger partial charge in [0.2, 0.25) is 0 Å². The van der Waals surface area contributed by atoms with Crippen LogP contribution in [0.4, 0.5) is 5.69 Å². The van der Waals surface area contributed by atoms with E-state index < -0.39 is 17.6 Å². The van der Waals surface area contributed by atoms with E-state index in [1.807, 2.05) is 40.7 Å². The van der Waals surface area contributed by atoms with Crippen LogP contribution in [0, 0.1) is 19.3 Å². The summed E-state index contributed by atoms with van der Waals surface area (Å²) in [6, 6.07) is 8.58. The molecule has 0 aliphatic heterocycles. The van der Waals surface area contributed by atoms with Gasteiger partial charge in [0, 0.05) is 23.7 Å². The number of aliphatic hydroxyl groups is 1. The maximum atomic E-state index is 13.0. The quantitative estimate of drug-likeness (QED) is 0.134. The largest absolute Gasteiger partial charge is 0.404 e. The molecule has 0 saturated carbocycles. The van der Waals surface area contributed by atoms with Gasteiger partial charge in [-0.25, -0.2) is 10.3 Å². The third kappa shape index (κ3) is 6.83. The van der Waals surface area contributed by atoms with Crippen molar-refractivity contribution in [2.75, 3.05) is 12.0 Å². The molecule has 1 aromatic carbocycles. The van der Waals surface area contributed by atoms with Crippen molar-refractivity contribution in [1.29, 1.82) is 5.41 Å². The summed E-state index contributed by atoms with van der Waals surface area (Å²) in [6.07, 6.45) is 2.18. The number of anilines is 1. The molecule has 0 unspecified atom stereocenters. The number of aromatic nitrogens is 3. The molecule has 0 radical (unpaired) electrons. The minimum absolute atomic E-state index is 0.0457. The second kappa shape index (κ2) is 12.4. The Balaban J connectivity index is 1.82. The van der Waals surface area contributed by atoms with Crippen LogP contribution < -0.4 is 16.5 Å². The highest BCUT2D eigenvalue weighted by molar-refractivity contribution is 6.33. The molecule has 6 N–H and O–H groups in total. The Hall–Kier alpha value is -3.73. The maximum absolute atomic E-state index is 13.0. The Kier molecular flexibility index (Phi) is 9.49. The van der Waals surface area contributed by atoms with E-state index in [1.165, 1.54) is 0 Å². The molecule has 10 nitrogen and oxygen atoms in total. The molecule has 2 aromatic heterocycles. The average molecular weight is 554 g/mol. The van der Waals surface area contributed by atoms with E-state index in [0.29, 0.717) is 40.8 Å². The molecule has 0 amide bonds. The molecule has 39 heavy (non-hydrogen) atoms. The minimum Gasteiger partial charge on any atom is -0.404 e. The summed E-state index contributed by atoms with van der Waals surface area (Å²) < 4.78 is 1.75. The third-order valence-corrected chi connectivity index (χ3v) is 6.61. The summed E-state index contributed by atoms with van der Waals surface area (Å²) in [6.45, 7) is 12.4. The van der Waals surface area contributed by atoms with Gasteiger partial charge in [-0.3, -0.25) is 9.67 Å². The molecule has 0 aliphatic rings. The number of aliphatic hydroxyl groups excluding tert-OH is 1. The molecule has 0 spiro atoms. The summed E-state index contributed by atoms with van der Waals surface area (Å²) in [4.78, 5) is 22.7. The summed E-state index contributed by atoms with van der Waals surface area (Å²) in [5.74, 6) is -0.759. The number of hydrogen-bond donors (Lipinski definition) is 5. The van der Waals surface area contributed by atoms with Crippen molar-refractivity contribution in [1.82, 2.24) is 20.1 Å². The van der Waals surface area contributed by atoms with Crippen LogP contribution in [0.5, 0.6) is 0 Å². The van der Waals surface area contributed by atoms with Crippen molar-refractivity contribution in [3.05, 3.63) is 70.4 Å². The van der Waals surface area contributed by atoms with Crippen molar-refractivity contribution in [3.8, 4) is 11.1 Å². The predicted octanol–water partition coefficient (Wildman–Crippen LogP) is 4.22. The monoisotopic (exact) mass is 553 g/mol. The lowest BCUT2D eigenvalue weighted by Gasteiger charge is -2.27. The fourth-order valence-electron chi connectivity index (χ4n) is 4.34. The number of carbonyl (C=O) groups excluding carboxylic acids is 1. The van der Waals surface area contributed by atoms with Crippen molar-refractivity contribution < 1.29 is 14.7 Å². The zero-order valence-electron chi connectivity index (χ0n) is 23.1. The number of carbonyl (C=O) groups is 1. The summed E-state index contributed by atoms with van der Waals surface area (Å²) in [5, 5.41) is 26.5. The molecular formula is C28H36ClN7O3. The second-order valence-electron chi connectivity index (χ2n) is 9.80. The lowest BCUT2D eigenvalue weighted by atomic mass is 9.92. The van der Waals surface area contributed by atoms with Gasteiger partial charge in [-0.1, -0.05) is 24.6 Å². The van der Waals surface area contributed by atoms with E-state index in [-0.39, 0.29) is 5.57 Å². The molecule has 0 bridgehead atoms. The molecular weight excluding hydrogens is 518 g/mol. The lowest BCUT2D eigenvalue weighted by molar-refractivity contribution is -0.133. The van der Waals surface area contributed by atoms with Gasteiger partial charge >= 0.3 is 5.97 Å². The number of aryl methyl sites for hydroxylation is 1. The molecule has 11 heteroatoms. The lowest BCUT2D eigenvalue weighted by Crippen LogP contribution is -2.46. The van der Waals surface area contributed by atoms with Gasteiger partial charge in [0.05, 0.1) is 46.0 Å². The Morgan fingerprint density at radius 1 is 1.31 bits per heavy atom. The van der Waals surface area contributed by atoms with E-state index in [4.69, 9.17) is 27.6 Å². The van der Waals surface area contributed by atoms with Crippen molar-refractivity contribution in [2.24, 2.45) is 5.73 Å². The highest BCUT2D eigenvalue weighted by Crippen LogP contribution is 2.29. The predicted molar refractivity (Wildman–Crippen MR) is 155 cm³/mol. The van der Waals surface area contributed by atoms with E-state index in [1.54, 1.807) is 42.1 Å². The summed E-state index contributed by atoms with van der Waals surface area (Å²) in [7, 11) is 0. The van der Waals surface area contributed by atoms with Crippen molar-refractivity contribution >= 4 is 34.5 Å². The van der Waals surface area contributed by atoms with Gasteiger partial charge < -0.3 is 26.4 Å². The highest BCUT2D eigenvalue weighted by Gasteiger charge is 2.25. The van der Waals surface area contributed by atoms with Crippen LogP contribution in [-0.2, 0) is 16.2 Å². The number of benzene rings is 1. The number of nitrogens with two attached hydrogens (primary N) is 1. The topological polar surface area (TPSA) is 151 Å². The third-order valence-electron chi connectivity index (χ3n) is 6.28. The minimum atomic E-state index is -0.759. The van der Waals surface area contributed by atoms with E-state index in [2.05, 4.69) is 20.9 Å². The van der Waals surface area contributed by atoms with Gasteiger partial charge in [-0.15, -0.1) is 0 Å². The molecule has 0 saturated heterocycles. The molecule has 3 rings (SSSR count). The Morgan fingerprint density at radius 2 is 2.03 bits per heavy atom. The molecule has 0 fully saturated rings. The smallest absolute Gasteiger partial charge is 0.366 e. The van der Waals surface area contributed by atoms with Gasteiger partial charge in [-0.2, -0.15) is 5.10 Å². The van der Waals surface area contributed by atoms with Gasteiger partial charge in [0.15, 0.2) is 0 Å². The first-order valence-corrected chi connectivity index (χ1v) is 13.0. The molecule has 208 valence electrons. The fourth-order valence-corrected chi connectivity index (χ4v) is 4.50. The van der Waals surface area contributed by atoms with Gasteiger partial charge in [0.25, 0.3) is 0 Å². The molecule has 3 aromatic rings. The fraction of sp³-hybridized carbons (Fsp3) is 0.357. The van der Waals surface area contributed by atoms with Crippen LogP contribution >= 0.6 is 11.6 Å². The standard InChI is InChI=1S/C28H36ClN7O3/c1-7-33-28(5,6)26(31)20-8-9-22(29)24(13-20)35-39-27(38)21(14-30)23-12-19(10-11-32-23)25-17(3)34-36(18(25)4)15-16(2)37/h8-14,16,31,33,35,37H,7,15,30H2,1-6H3/b21-14+,31-26?/t16-/m0/s1. The number of hydrogen-bond acceptors (Lipinski definition) is 9. The van der Waals surface area contributed by atoms with E-state index in [0.717, 1.165) is 28.7 Å². The number of halogens is 1. The maximum Gasteiger partial charge on any atom is 0.366 e. The number of rotatable bonds is 11.